The highest BCUT2D eigenvalue weighted by Crippen LogP contribution is 1.86. The van der Waals surface area contributed by atoms with E-state index >= 15 is 0 Å². The maximum Gasteiger partial charge on any atom is 0.302 e. The number of rotatable bonds is 4. The molecule has 0 aromatic carbocycles. The fourth-order valence-corrected chi connectivity index (χ4v) is 0.678. The van der Waals surface area contributed by atoms with Crippen molar-refractivity contribution in [2.45, 2.75) is 26.7 Å². The minimum absolute atomic E-state index is 0.273. The summed E-state index contributed by atoms with van der Waals surface area (Å²) in [5.74, 6) is 5.39. The maximum atomic E-state index is 10.3. The highest BCUT2D eigenvalue weighted by Gasteiger charge is 1.84. The molecule has 0 amide bonds. The van der Waals surface area contributed by atoms with Gasteiger partial charge >= 0.3 is 5.97 Å². The van der Waals surface area contributed by atoms with Crippen LogP contribution in [0.1, 0.15) is 26.7 Å². The molecule has 0 aromatic rings. The van der Waals surface area contributed by atoms with Gasteiger partial charge in [0.1, 0.15) is 6.61 Å². The van der Waals surface area contributed by atoms with Crippen LogP contribution in [0, 0.1) is 11.8 Å². The second-order valence-corrected chi connectivity index (χ2v) is 2.68. The standard InChI is InChI=1S/C12H16O2/c1-3-4-5-6-7-8-9-10-11-14-12(2)13/h5-6,9-10H,3-4,11H2,1-2H3/b6-5+,10-9+. The average molecular weight is 192 g/mol. The van der Waals surface area contributed by atoms with E-state index in [9.17, 15) is 4.79 Å². The van der Waals surface area contributed by atoms with E-state index in [-0.39, 0.29) is 5.97 Å². The van der Waals surface area contributed by atoms with Crippen LogP contribution in [-0.4, -0.2) is 12.6 Å². The summed E-state index contributed by atoms with van der Waals surface area (Å²) in [6.07, 6.45) is 9.46. The van der Waals surface area contributed by atoms with Crippen molar-refractivity contribution in [1.29, 1.82) is 0 Å². The molecule has 2 nitrogen and oxygen atoms in total. The molecule has 0 heterocycles. The van der Waals surface area contributed by atoms with Crippen molar-refractivity contribution in [2.24, 2.45) is 0 Å². The Labute approximate surface area is 85.6 Å². The number of hydrogen-bond acceptors (Lipinski definition) is 2. The number of allylic oxidation sites excluding steroid dienone is 3. The molecule has 0 aliphatic rings. The molecule has 0 bridgehead atoms. The van der Waals surface area contributed by atoms with E-state index in [0.717, 1.165) is 12.8 Å². The van der Waals surface area contributed by atoms with Crippen LogP contribution in [0.2, 0.25) is 0 Å². The number of hydrogen-bond donors (Lipinski definition) is 0. The van der Waals surface area contributed by atoms with Crippen LogP contribution in [0.25, 0.3) is 0 Å². The van der Waals surface area contributed by atoms with E-state index in [1.54, 1.807) is 12.2 Å². The topological polar surface area (TPSA) is 26.3 Å². The molecule has 0 radical (unpaired) electrons. The Bertz CT molecular complexity index is 264. The minimum Gasteiger partial charge on any atom is -0.462 e. The summed E-state index contributed by atoms with van der Waals surface area (Å²) < 4.78 is 4.68. The Kier molecular flexibility index (Phi) is 8.58. The van der Waals surface area contributed by atoms with E-state index < -0.39 is 0 Å². The molecule has 0 aliphatic carbocycles. The lowest BCUT2D eigenvalue weighted by Crippen LogP contribution is -1.96. The number of carbonyl (C=O) groups excluding carboxylic acids is 1. The zero-order chi connectivity index (χ0) is 10.6. The van der Waals surface area contributed by atoms with Gasteiger partial charge in [-0.1, -0.05) is 31.3 Å². The summed E-state index contributed by atoms with van der Waals surface area (Å²) >= 11 is 0. The van der Waals surface area contributed by atoms with Gasteiger partial charge in [-0.05, 0) is 24.6 Å². The lowest BCUT2D eigenvalue weighted by atomic mass is 10.3. The number of esters is 1. The molecule has 0 saturated heterocycles. The van der Waals surface area contributed by atoms with Crippen LogP contribution in [0.15, 0.2) is 24.3 Å². The van der Waals surface area contributed by atoms with Gasteiger partial charge in [-0.2, -0.15) is 0 Å². The third-order valence-corrected chi connectivity index (χ3v) is 1.32. The summed E-state index contributed by atoms with van der Waals surface area (Å²) in [5.41, 5.74) is 0. The Hall–Kier alpha value is -1.49. The van der Waals surface area contributed by atoms with Crippen LogP contribution in [0.4, 0.5) is 0 Å². The van der Waals surface area contributed by atoms with Crippen LogP contribution in [0.5, 0.6) is 0 Å². The van der Waals surface area contributed by atoms with Crippen molar-refractivity contribution in [3.8, 4) is 11.8 Å². The number of carbonyl (C=O) groups is 1. The molecule has 0 aromatic heterocycles. The Morgan fingerprint density at radius 1 is 1.29 bits per heavy atom. The van der Waals surface area contributed by atoms with Crippen molar-refractivity contribution in [3.05, 3.63) is 24.3 Å². The van der Waals surface area contributed by atoms with Gasteiger partial charge in [0.25, 0.3) is 0 Å². The van der Waals surface area contributed by atoms with Gasteiger partial charge in [0.15, 0.2) is 0 Å². The van der Waals surface area contributed by atoms with Gasteiger partial charge in [-0.25, -0.2) is 0 Å². The summed E-state index contributed by atoms with van der Waals surface area (Å²) in [6, 6.07) is 0. The zero-order valence-corrected chi connectivity index (χ0v) is 8.75. The third-order valence-electron chi connectivity index (χ3n) is 1.32. The van der Waals surface area contributed by atoms with E-state index in [4.69, 9.17) is 0 Å². The van der Waals surface area contributed by atoms with Crippen molar-refractivity contribution in [3.63, 3.8) is 0 Å². The monoisotopic (exact) mass is 192 g/mol. The van der Waals surface area contributed by atoms with Gasteiger partial charge in [-0.3, -0.25) is 4.79 Å². The summed E-state index contributed by atoms with van der Waals surface area (Å²) in [7, 11) is 0. The summed E-state index contributed by atoms with van der Waals surface area (Å²) in [4.78, 5) is 10.3. The molecule has 0 atom stereocenters. The molecule has 0 fully saturated rings. The van der Waals surface area contributed by atoms with Crippen molar-refractivity contribution in [1.82, 2.24) is 0 Å². The smallest absolute Gasteiger partial charge is 0.302 e. The second kappa shape index (κ2) is 9.60. The summed E-state index contributed by atoms with van der Waals surface area (Å²) in [5, 5.41) is 0. The molecule has 0 unspecified atom stereocenters. The zero-order valence-electron chi connectivity index (χ0n) is 8.75. The van der Waals surface area contributed by atoms with Crippen LogP contribution < -0.4 is 0 Å². The molecule has 2 heteroatoms. The van der Waals surface area contributed by atoms with Crippen LogP contribution in [0.3, 0.4) is 0 Å². The first-order valence-corrected chi connectivity index (χ1v) is 4.71. The van der Waals surface area contributed by atoms with Crippen LogP contribution in [-0.2, 0) is 9.53 Å². The van der Waals surface area contributed by atoms with Gasteiger partial charge in [0.05, 0.1) is 0 Å². The predicted molar refractivity (Wildman–Crippen MR) is 57.6 cm³/mol. The minimum atomic E-state index is -0.273. The molecule has 0 saturated carbocycles. The molecule has 0 spiro atoms. The van der Waals surface area contributed by atoms with Crippen LogP contribution >= 0.6 is 0 Å². The van der Waals surface area contributed by atoms with Crippen molar-refractivity contribution < 1.29 is 9.53 Å². The molecular weight excluding hydrogens is 176 g/mol. The van der Waals surface area contributed by atoms with Crippen molar-refractivity contribution >= 4 is 5.97 Å². The average Bonchev–Trinajstić information content (AvgIpc) is 2.15. The first kappa shape index (κ1) is 12.5. The lowest BCUT2D eigenvalue weighted by molar-refractivity contribution is -0.139. The fraction of sp³-hybridized carbons (Fsp3) is 0.417. The first-order chi connectivity index (χ1) is 6.77. The Morgan fingerprint density at radius 2 is 1.93 bits per heavy atom. The van der Waals surface area contributed by atoms with E-state index in [1.165, 1.54) is 6.92 Å². The van der Waals surface area contributed by atoms with E-state index in [1.807, 2.05) is 12.2 Å². The maximum absolute atomic E-state index is 10.3. The SMILES string of the molecule is CCC/C=C/C#C/C=C/COC(C)=O. The van der Waals surface area contributed by atoms with E-state index in [2.05, 4.69) is 23.5 Å². The fourth-order valence-electron chi connectivity index (χ4n) is 0.678. The quantitative estimate of drug-likeness (QED) is 0.505. The van der Waals surface area contributed by atoms with Crippen molar-refractivity contribution in [2.75, 3.05) is 6.61 Å². The molecule has 14 heavy (non-hydrogen) atoms. The Morgan fingerprint density at radius 3 is 2.50 bits per heavy atom. The Balaban J connectivity index is 3.54. The van der Waals surface area contributed by atoms with Gasteiger partial charge < -0.3 is 4.74 Å². The molecule has 0 N–H and O–H groups in total. The molecular formula is C12H16O2. The van der Waals surface area contributed by atoms with Gasteiger partial charge in [0, 0.05) is 6.92 Å². The lowest BCUT2D eigenvalue weighted by Gasteiger charge is -1.91. The largest absolute Gasteiger partial charge is 0.462 e. The second-order valence-electron chi connectivity index (χ2n) is 2.68. The van der Waals surface area contributed by atoms with Gasteiger partial charge in [-0.15, -0.1) is 0 Å². The normalized spacial score (nSPS) is 10.1. The van der Waals surface area contributed by atoms with E-state index in [0.29, 0.717) is 6.61 Å². The first-order valence-electron chi connectivity index (χ1n) is 4.71. The molecule has 76 valence electrons. The molecule has 0 rings (SSSR count). The number of ether oxygens (including phenoxy) is 1. The summed E-state index contributed by atoms with van der Waals surface area (Å²) in [6.45, 7) is 3.80. The highest BCUT2D eigenvalue weighted by atomic mass is 16.5. The molecule has 0 aliphatic heterocycles. The highest BCUT2D eigenvalue weighted by molar-refractivity contribution is 5.66. The van der Waals surface area contributed by atoms with Gasteiger partial charge in [0.2, 0.25) is 0 Å². The third kappa shape index (κ3) is 10.5. The number of unbranched alkanes of at least 4 members (excludes halogenated alkanes) is 1. The predicted octanol–water partition coefficient (Wildman–Crippen LogP) is 2.47.